The molecule has 1 amide bonds. The number of hydrogen-bond donors (Lipinski definition) is 1. The molecule has 138 valence electrons. The number of nitrogens with zero attached hydrogens (tertiary/aromatic N) is 3. The minimum absolute atomic E-state index is 0.0395. The van der Waals surface area contributed by atoms with E-state index in [1.54, 1.807) is 18.3 Å². The van der Waals surface area contributed by atoms with Crippen LogP contribution in [0.5, 0.6) is 0 Å². The summed E-state index contributed by atoms with van der Waals surface area (Å²) in [5.41, 5.74) is 2.60. The topological polar surface area (TPSA) is 59.8 Å². The molecule has 0 bridgehead atoms. The van der Waals surface area contributed by atoms with Crippen molar-refractivity contribution in [2.45, 2.75) is 38.3 Å². The average Bonchev–Trinajstić information content (AvgIpc) is 3.37. The Labute approximate surface area is 157 Å². The van der Waals surface area contributed by atoms with E-state index in [-0.39, 0.29) is 12.1 Å². The highest BCUT2D eigenvalue weighted by Gasteiger charge is 2.22. The van der Waals surface area contributed by atoms with Gasteiger partial charge < -0.3 is 5.32 Å². The van der Waals surface area contributed by atoms with Gasteiger partial charge in [-0.1, -0.05) is 31.0 Å². The molecule has 6 heteroatoms. The molecule has 0 saturated heterocycles. The van der Waals surface area contributed by atoms with Crippen molar-refractivity contribution < 1.29 is 9.18 Å². The van der Waals surface area contributed by atoms with Crippen LogP contribution in [-0.4, -0.2) is 20.7 Å². The van der Waals surface area contributed by atoms with Gasteiger partial charge in [0.25, 0.3) is 5.91 Å². The second-order valence-electron chi connectivity index (χ2n) is 6.78. The van der Waals surface area contributed by atoms with E-state index in [4.69, 9.17) is 5.10 Å². The Balaban J connectivity index is 1.56. The molecule has 2 heterocycles. The highest BCUT2D eigenvalue weighted by molar-refractivity contribution is 5.94. The van der Waals surface area contributed by atoms with Crippen LogP contribution < -0.4 is 5.32 Å². The maximum Gasteiger partial charge on any atom is 0.254 e. The zero-order valence-corrected chi connectivity index (χ0v) is 14.9. The Morgan fingerprint density at radius 1 is 1.15 bits per heavy atom. The van der Waals surface area contributed by atoms with Crippen molar-refractivity contribution in [1.82, 2.24) is 20.1 Å². The zero-order valence-electron chi connectivity index (χ0n) is 14.9. The third-order valence-corrected chi connectivity index (χ3v) is 4.93. The standard InChI is InChI=1S/C21H21FN4O/c22-18-10-4-3-9-17(18)21(27)24-14-15-13-20(19-11-5-6-12-23-19)26(25-15)16-7-1-2-8-16/h3-6,9-13,16H,1-2,7-8,14H2,(H,24,27). The lowest BCUT2D eigenvalue weighted by Crippen LogP contribution is -2.24. The number of pyridine rings is 1. The summed E-state index contributed by atoms with van der Waals surface area (Å²) < 4.78 is 15.8. The van der Waals surface area contributed by atoms with Crippen LogP contribution in [-0.2, 0) is 6.54 Å². The highest BCUT2D eigenvalue weighted by Crippen LogP contribution is 2.33. The van der Waals surface area contributed by atoms with Crippen molar-refractivity contribution in [1.29, 1.82) is 0 Å². The lowest BCUT2D eigenvalue weighted by molar-refractivity contribution is 0.0946. The Bertz CT molecular complexity index is 932. The number of hydrogen-bond acceptors (Lipinski definition) is 3. The van der Waals surface area contributed by atoms with Crippen LogP contribution in [0.3, 0.4) is 0 Å². The molecule has 3 aromatic rings. The minimum atomic E-state index is -0.527. The highest BCUT2D eigenvalue weighted by atomic mass is 19.1. The summed E-state index contributed by atoms with van der Waals surface area (Å²) in [7, 11) is 0. The summed E-state index contributed by atoms with van der Waals surface area (Å²) in [6.07, 6.45) is 6.36. The summed E-state index contributed by atoms with van der Waals surface area (Å²) in [5.74, 6) is -0.969. The van der Waals surface area contributed by atoms with Gasteiger partial charge in [-0.25, -0.2) is 4.39 Å². The molecule has 1 aliphatic rings. The maximum atomic E-state index is 13.8. The van der Waals surface area contributed by atoms with Crippen LogP contribution in [0.2, 0.25) is 0 Å². The number of aromatic nitrogens is 3. The van der Waals surface area contributed by atoms with Gasteiger partial charge in [-0.3, -0.25) is 14.5 Å². The average molecular weight is 364 g/mol. The van der Waals surface area contributed by atoms with Gasteiger partial charge in [0.1, 0.15) is 5.82 Å². The molecule has 0 unspecified atom stereocenters. The van der Waals surface area contributed by atoms with Gasteiger partial charge in [0.2, 0.25) is 0 Å². The van der Waals surface area contributed by atoms with Crippen molar-refractivity contribution in [2.75, 3.05) is 0 Å². The zero-order chi connectivity index (χ0) is 18.6. The molecule has 0 aliphatic heterocycles. The van der Waals surface area contributed by atoms with Crippen LogP contribution >= 0.6 is 0 Å². The normalized spacial score (nSPS) is 14.4. The number of carbonyl (C=O) groups excluding carboxylic acids is 1. The van der Waals surface area contributed by atoms with Gasteiger partial charge in [0.15, 0.2) is 0 Å². The van der Waals surface area contributed by atoms with Crippen molar-refractivity contribution >= 4 is 5.91 Å². The molecule has 1 N–H and O–H groups in total. The van der Waals surface area contributed by atoms with E-state index in [9.17, 15) is 9.18 Å². The number of benzene rings is 1. The molecule has 0 atom stereocenters. The van der Waals surface area contributed by atoms with Crippen molar-refractivity contribution in [2.24, 2.45) is 0 Å². The van der Waals surface area contributed by atoms with Crippen molar-refractivity contribution in [3.63, 3.8) is 0 Å². The Kier molecular flexibility index (Phi) is 4.96. The number of carbonyl (C=O) groups is 1. The SMILES string of the molecule is O=C(NCc1cc(-c2ccccn2)n(C2CCCC2)n1)c1ccccc1F. The van der Waals surface area contributed by atoms with Crippen molar-refractivity contribution in [3.05, 3.63) is 71.8 Å². The predicted molar refractivity (Wildman–Crippen MR) is 101 cm³/mol. The fourth-order valence-corrected chi connectivity index (χ4v) is 3.58. The summed E-state index contributed by atoms with van der Waals surface area (Å²) in [6, 6.07) is 14.1. The van der Waals surface area contributed by atoms with Gasteiger partial charge in [0, 0.05) is 6.20 Å². The summed E-state index contributed by atoms with van der Waals surface area (Å²) in [4.78, 5) is 16.7. The van der Waals surface area contributed by atoms with Gasteiger partial charge in [0.05, 0.1) is 35.2 Å². The molecular weight excluding hydrogens is 343 g/mol. The van der Waals surface area contributed by atoms with E-state index in [0.29, 0.717) is 6.04 Å². The smallest absolute Gasteiger partial charge is 0.254 e. The van der Waals surface area contributed by atoms with Gasteiger partial charge >= 0.3 is 0 Å². The fraction of sp³-hybridized carbons (Fsp3) is 0.286. The number of rotatable bonds is 5. The number of nitrogens with one attached hydrogen (secondary N) is 1. The van der Waals surface area contributed by atoms with Crippen molar-refractivity contribution in [3.8, 4) is 11.4 Å². The van der Waals surface area contributed by atoms with E-state index in [0.717, 1.165) is 29.9 Å². The van der Waals surface area contributed by atoms with Gasteiger partial charge in [-0.15, -0.1) is 0 Å². The molecule has 2 aromatic heterocycles. The van der Waals surface area contributed by atoms with E-state index >= 15 is 0 Å². The third-order valence-electron chi connectivity index (χ3n) is 4.93. The molecule has 1 saturated carbocycles. The first-order valence-electron chi connectivity index (χ1n) is 9.25. The molecule has 1 aliphatic carbocycles. The predicted octanol–water partition coefficient (Wildman–Crippen LogP) is 4.13. The Morgan fingerprint density at radius 2 is 1.93 bits per heavy atom. The second kappa shape index (κ2) is 7.70. The van der Waals surface area contributed by atoms with Gasteiger partial charge in [-0.05, 0) is 43.2 Å². The van der Waals surface area contributed by atoms with Crippen LogP contribution in [0.15, 0.2) is 54.7 Å². The van der Waals surface area contributed by atoms with Crippen LogP contribution in [0, 0.1) is 5.82 Å². The monoisotopic (exact) mass is 364 g/mol. The Hall–Kier alpha value is -3.02. The van der Waals surface area contributed by atoms with Gasteiger partial charge in [-0.2, -0.15) is 5.10 Å². The number of amides is 1. The maximum absolute atomic E-state index is 13.8. The first kappa shape index (κ1) is 17.4. The Morgan fingerprint density at radius 3 is 2.67 bits per heavy atom. The molecule has 4 rings (SSSR count). The largest absolute Gasteiger partial charge is 0.346 e. The quantitative estimate of drug-likeness (QED) is 0.740. The van der Waals surface area contributed by atoms with Crippen LogP contribution in [0.25, 0.3) is 11.4 Å². The lowest BCUT2D eigenvalue weighted by Gasteiger charge is -2.13. The summed E-state index contributed by atoms with van der Waals surface area (Å²) in [6.45, 7) is 0.243. The lowest BCUT2D eigenvalue weighted by atomic mass is 10.2. The van der Waals surface area contributed by atoms with Crippen LogP contribution in [0.4, 0.5) is 4.39 Å². The summed E-state index contributed by atoms with van der Waals surface area (Å²) in [5, 5.41) is 7.49. The third kappa shape index (κ3) is 3.74. The first-order chi connectivity index (χ1) is 13.2. The first-order valence-corrected chi connectivity index (χ1v) is 9.25. The molecule has 5 nitrogen and oxygen atoms in total. The molecule has 1 aromatic carbocycles. The molecule has 0 spiro atoms. The minimum Gasteiger partial charge on any atom is -0.346 e. The summed E-state index contributed by atoms with van der Waals surface area (Å²) >= 11 is 0. The van der Waals surface area contributed by atoms with E-state index < -0.39 is 11.7 Å². The van der Waals surface area contributed by atoms with Crippen LogP contribution in [0.1, 0.15) is 47.8 Å². The molecule has 27 heavy (non-hydrogen) atoms. The van der Waals surface area contributed by atoms with E-state index in [2.05, 4.69) is 10.3 Å². The van der Waals surface area contributed by atoms with E-state index in [1.165, 1.54) is 25.0 Å². The molecule has 1 fully saturated rings. The molecular formula is C21H21FN4O. The van der Waals surface area contributed by atoms with E-state index in [1.807, 2.05) is 28.9 Å². The molecule has 0 radical (unpaired) electrons. The number of halogens is 1. The fourth-order valence-electron chi connectivity index (χ4n) is 3.58. The second-order valence-corrected chi connectivity index (χ2v) is 6.78.